The van der Waals surface area contributed by atoms with Crippen molar-refractivity contribution in [2.24, 2.45) is 5.16 Å². The first kappa shape index (κ1) is 22.6. The summed E-state index contributed by atoms with van der Waals surface area (Å²) in [6, 6.07) is -0.863. The second kappa shape index (κ2) is 8.71. The largest absolute Gasteiger partial charge is 0.477 e. The first-order chi connectivity index (χ1) is 15.2. The fourth-order valence-electron chi connectivity index (χ4n) is 4.42. The summed E-state index contributed by atoms with van der Waals surface area (Å²) in [6.45, 7) is 2.61. The van der Waals surface area contributed by atoms with Crippen LogP contribution < -0.4 is 11.1 Å². The van der Waals surface area contributed by atoms with Crippen molar-refractivity contribution in [2.45, 2.75) is 24.3 Å². The van der Waals surface area contributed by atoms with Crippen molar-refractivity contribution in [1.82, 2.24) is 15.2 Å². The minimum atomic E-state index is -1.12. The molecule has 2 atom stereocenters. The van der Waals surface area contributed by atoms with Crippen molar-refractivity contribution in [1.29, 1.82) is 0 Å². The predicted octanol–water partition coefficient (Wildman–Crippen LogP) is 0.0548. The molecule has 3 aliphatic rings. The van der Waals surface area contributed by atoms with Gasteiger partial charge in [-0.05, 0) is 0 Å². The van der Waals surface area contributed by atoms with E-state index in [2.05, 4.69) is 22.5 Å². The molecule has 4 N–H and O–H groups in total. The van der Waals surface area contributed by atoms with Crippen molar-refractivity contribution in [3.8, 4) is 0 Å². The van der Waals surface area contributed by atoms with Gasteiger partial charge >= 0.3 is 5.97 Å². The van der Waals surface area contributed by atoms with Crippen molar-refractivity contribution in [2.75, 3.05) is 45.3 Å². The number of nitrogens with two attached hydrogens (primary N) is 1. The van der Waals surface area contributed by atoms with Crippen molar-refractivity contribution in [3.05, 3.63) is 22.3 Å². The Labute approximate surface area is 192 Å². The minimum Gasteiger partial charge on any atom is -0.477 e. The Morgan fingerprint density at radius 2 is 2.16 bits per heavy atom. The monoisotopic (exact) mass is 481 g/mol. The third-order valence-electron chi connectivity index (χ3n) is 5.92. The number of thiazole rings is 1. The number of carbonyl (C=O) groups is 3. The van der Waals surface area contributed by atoms with E-state index in [0.717, 1.165) is 47.3 Å². The van der Waals surface area contributed by atoms with E-state index >= 15 is 0 Å². The van der Waals surface area contributed by atoms with Crippen LogP contribution in [0.2, 0.25) is 0 Å². The molecule has 4 rings (SSSR count). The average molecular weight is 482 g/mol. The van der Waals surface area contributed by atoms with Crippen molar-refractivity contribution in [3.63, 3.8) is 0 Å². The highest BCUT2D eigenvalue weighted by atomic mass is 32.2. The van der Waals surface area contributed by atoms with Gasteiger partial charge in [0.25, 0.3) is 11.8 Å². The standard InChI is InChI=1S/C19H24N6O5S2/c1-25(5-3-4-6-25)7-10-8-31-17-13(16(27)24(17)14(10)18(28)29)22-15(26)12(23-30-2)11-9-32-19(20)21-11/h9,13,17H,3-8H2,1-2H3,(H3-,20,21,22,26,28,29)/p+1/b23-12+/t13-,17-/m0/s1. The number of carboxylic acid groups (broad SMARTS) is 1. The van der Waals surface area contributed by atoms with E-state index in [-0.39, 0.29) is 22.2 Å². The number of hydrogen-bond donors (Lipinski definition) is 3. The van der Waals surface area contributed by atoms with Crippen LogP contribution in [-0.4, -0.2) is 93.9 Å². The summed E-state index contributed by atoms with van der Waals surface area (Å²) in [7, 11) is 3.42. The Kier molecular flexibility index (Phi) is 6.14. The Bertz CT molecular complexity index is 1020. The van der Waals surface area contributed by atoms with Gasteiger partial charge in [0.15, 0.2) is 10.8 Å². The molecule has 32 heavy (non-hydrogen) atoms. The number of aromatic nitrogens is 1. The van der Waals surface area contributed by atoms with E-state index in [1.165, 1.54) is 23.8 Å². The number of aliphatic carboxylic acids is 1. The topological polar surface area (TPSA) is 147 Å². The molecule has 3 aliphatic heterocycles. The lowest BCUT2D eigenvalue weighted by atomic mass is 10.0. The molecule has 172 valence electrons. The number of amides is 2. The van der Waals surface area contributed by atoms with Crippen LogP contribution in [0.15, 0.2) is 21.8 Å². The van der Waals surface area contributed by atoms with Crippen molar-refractivity contribution >= 4 is 51.7 Å². The van der Waals surface area contributed by atoms with Crippen LogP contribution in [0.5, 0.6) is 0 Å². The maximum absolute atomic E-state index is 12.9. The van der Waals surface area contributed by atoms with Crippen LogP contribution in [0.4, 0.5) is 5.13 Å². The maximum atomic E-state index is 12.9. The number of likely N-dealkylation sites (N-methyl/N-ethyl adjacent to an activating group) is 1. The number of nitrogen functional groups attached to an aromatic ring is 1. The highest BCUT2D eigenvalue weighted by molar-refractivity contribution is 8.00. The van der Waals surface area contributed by atoms with Gasteiger partial charge < -0.3 is 25.5 Å². The number of likely N-dealkylation sites (tertiary alicyclic amines) is 1. The summed E-state index contributed by atoms with van der Waals surface area (Å²) >= 11 is 2.61. The first-order valence-electron chi connectivity index (χ1n) is 10.1. The zero-order chi connectivity index (χ0) is 23.0. The number of quaternary nitrogens is 1. The van der Waals surface area contributed by atoms with E-state index in [0.29, 0.717) is 12.3 Å². The van der Waals surface area contributed by atoms with E-state index in [1.807, 2.05) is 0 Å². The SMILES string of the molecule is CO/N=C(/C(=O)N[C@H]1C(=O)N2C(C(=O)O)=C(C[N+]3(C)CCCC3)CS[C@@H]12)c1csc(N)n1. The smallest absolute Gasteiger partial charge is 0.352 e. The maximum Gasteiger partial charge on any atom is 0.352 e. The van der Waals surface area contributed by atoms with E-state index < -0.39 is 29.2 Å². The van der Waals surface area contributed by atoms with Crippen LogP contribution in [-0.2, 0) is 19.2 Å². The lowest BCUT2D eigenvalue weighted by Gasteiger charge is -2.49. The fourth-order valence-corrected chi connectivity index (χ4v) is 6.31. The van der Waals surface area contributed by atoms with Gasteiger partial charge in [-0.15, -0.1) is 23.1 Å². The van der Waals surface area contributed by atoms with E-state index in [4.69, 9.17) is 10.6 Å². The molecule has 4 heterocycles. The zero-order valence-electron chi connectivity index (χ0n) is 17.7. The molecule has 0 unspecified atom stereocenters. The summed E-state index contributed by atoms with van der Waals surface area (Å²) in [5.74, 6) is -1.71. The lowest BCUT2D eigenvalue weighted by molar-refractivity contribution is -0.893. The number of thioether (sulfide) groups is 1. The van der Waals surface area contributed by atoms with Gasteiger partial charge in [0.05, 0.1) is 20.1 Å². The molecule has 0 bridgehead atoms. The molecule has 2 amide bonds. The normalized spacial score (nSPS) is 24.8. The predicted molar refractivity (Wildman–Crippen MR) is 120 cm³/mol. The lowest BCUT2D eigenvalue weighted by Crippen LogP contribution is -2.71. The summed E-state index contributed by atoms with van der Waals surface area (Å²) < 4.78 is 0.785. The van der Waals surface area contributed by atoms with Gasteiger partial charge in [-0.3, -0.25) is 14.5 Å². The summed E-state index contributed by atoms with van der Waals surface area (Å²) in [4.78, 5) is 47.9. The van der Waals surface area contributed by atoms with Crippen LogP contribution >= 0.6 is 23.1 Å². The molecular weight excluding hydrogens is 456 g/mol. The summed E-state index contributed by atoms with van der Waals surface area (Å²) in [5.41, 5.74) is 6.59. The van der Waals surface area contributed by atoms with E-state index in [1.54, 1.807) is 5.38 Å². The molecule has 2 fully saturated rings. The molecule has 2 saturated heterocycles. The Balaban J connectivity index is 1.52. The second-order valence-electron chi connectivity index (χ2n) is 8.24. The highest BCUT2D eigenvalue weighted by Gasteiger charge is 2.55. The van der Waals surface area contributed by atoms with Gasteiger partial charge in [-0.2, -0.15) is 0 Å². The summed E-state index contributed by atoms with van der Waals surface area (Å²) in [5, 5.41) is 17.6. The highest BCUT2D eigenvalue weighted by Crippen LogP contribution is 2.41. The third kappa shape index (κ3) is 4.07. The first-order valence-corrected chi connectivity index (χ1v) is 12.0. The quantitative estimate of drug-likeness (QED) is 0.214. The molecule has 0 aliphatic carbocycles. The number of oxime groups is 1. The number of hydrogen-bond acceptors (Lipinski definition) is 9. The Morgan fingerprint density at radius 1 is 1.44 bits per heavy atom. The molecule has 0 aromatic carbocycles. The van der Waals surface area contributed by atoms with Gasteiger partial charge in [0.2, 0.25) is 0 Å². The summed E-state index contributed by atoms with van der Waals surface area (Å²) in [6.07, 6.45) is 2.24. The number of nitrogens with one attached hydrogen (secondary N) is 1. The van der Waals surface area contributed by atoms with Crippen LogP contribution in [0.25, 0.3) is 0 Å². The van der Waals surface area contributed by atoms with Crippen LogP contribution in [0.1, 0.15) is 18.5 Å². The number of nitrogens with zero attached hydrogens (tertiary/aromatic N) is 4. The minimum absolute atomic E-state index is 0.0496. The molecule has 1 aromatic heterocycles. The van der Waals surface area contributed by atoms with Gasteiger partial charge in [0, 0.05) is 29.5 Å². The molecule has 0 spiro atoms. The number of fused-ring (bicyclic) bond motifs is 1. The Hall–Kier alpha value is -2.64. The van der Waals surface area contributed by atoms with Crippen molar-refractivity contribution < 1.29 is 28.8 Å². The number of anilines is 1. The molecule has 1 aromatic rings. The Morgan fingerprint density at radius 3 is 2.75 bits per heavy atom. The average Bonchev–Trinajstić information content (AvgIpc) is 3.37. The molecular formula is C19H25N6O5S2+. The third-order valence-corrected chi connectivity index (χ3v) is 7.93. The number of β-lactam (4-membered cyclic amide) rings is 1. The molecule has 11 nitrogen and oxygen atoms in total. The van der Waals surface area contributed by atoms with Gasteiger partial charge in [-0.25, -0.2) is 9.78 Å². The van der Waals surface area contributed by atoms with Gasteiger partial charge in [0.1, 0.15) is 36.5 Å². The number of carbonyl (C=O) groups excluding carboxylic acids is 2. The zero-order valence-corrected chi connectivity index (χ0v) is 19.4. The van der Waals surface area contributed by atoms with E-state index in [9.17, 15) is 19.5 Å². The molecule has 13 heteroatoms. The fraction of sp³-hybridized carbons (Fsp3) is 0.526. The van der Waals surface area contributed by atoms with Crippen LogP contribution in [0.3, 0.4) is 0 Å². The number of rotatable bonds is 7. The van der Waals surface area contributed by atoms with Crippen LogP contribution in [0, 0.1) is 0 Å². The molecule has 0 saturated carbocycles. The number of carboxylic acids is 1. The molecule has 0 radical (unpaired) electrons. The van der Waals surface area contributed by atoms with Gasteiger partial charge in [-0.1, -0.05) is 5.16 Å². The second-order valence-corrected chi connectivity index (χ2v) is 10.2.